The molecule has 2 heteroatoms. The third kappa shape index (κ3) is 1.56. The molecule has 1 aliphatic carbocycles. The van der Waals surface area contributed by atoms with E-state index in [0.717, 1.165) is 5.69 Å². The van der Waals surface area contributed by atoms with E-state index >= 15 is 0 Å². The monoisotopic (exact) mass is 183 g/mol. The van der Waals surface area contributed by atoms with E-state index in [9.17, 15) is 0 Å². The van der Waals surface area contributed by atoms with Gasteiger partial charge >= 0.3 is 0 Å². The van der Waals surface area contributed by atoms with E-state index in [-0.39, 0.29) is 12.4 Å². The standard InChI is InChI=1S/C10H13N.ClH/c1-10(6-7-10)8-2-4-9(11)5-3-8;/h2-5H,6-7,11H2,1H3;1H. The van der Waals surface area contributed by atoms with E-state index in [1.165, 1.54) is 18.4 Å². The first-order chi connectivity index (χ1) is 5.21. The molecule has 0 radical (unpaired) electrons. The largest absolute Gasteiger partial charge is 0.399 e. The Kier molecular flexibility index (Phi) is 2.34. The van der Waals surface area contributed by atoms with E-state index in [1.54, 1.807) is 0 Å². The van der Waals surface area contributed by atoms with Gasteiger partial charge in [0, 0.05) is 5.69 Å². The highest BCUT2D eigenvalue weighted by Gasteiger charge is 2.38. The average molecular weight is 184 g/mol. The number of hydrogen-bond donors (Lipinski definition) is 1. The van der Waals surface area contributed by atoms with Crippen molar-refractivity contribution in [3.8, 4) is 0 Å². The van der Waals surface area contributed by atoms with Crippen LogP contribution in [0, 0.1) is 0 Å². The van der Waals surface area contributed by atoms with Crippen molar-refractivity contribution in [1.29, 1.82) is 0 Å². The highest BCUT2D eigenvalue weighted by Crippen LogP contribution is 2.47. The van der Waals surface area contributed by atoms with Crippen LogP contribution in [0.2, 0.25) is 0 Å². The first kappa shape index (κ1) is 9.40. The van der Waals surface area contributed by atoms with Crippen molar-refractivity contribution in [2.75, 3.05) is 5.73 Å². The highest BCUT2D eigenvalue weighted by atomic mass is 35.5. The summed E-state index contributed by atoms with van der Waals surface area (Å²) in [5.74, 6) is 0. The summed E-state index contributed by atoms with van der Waals surface area (Å²) in [5, 5.41) is 0. The van der Waals surface area contributed by atoms with E-state index in [0.29, 0.717) is 5.41 Å². The van der Waals surface area contributed by atoms with Gasteiger partial charge in [-0.1, -0.05) is 19.1 Å². The van der Waals surface area contributed by atoms with Crippen molar-refractivity contribution in [3.63, 3.8) is 0 Å². The van der Waals surface area contributed by atoms with E-state index in [2.05, 4.69) is 19.1 Å². The van der Waals surface area contributed by atoms with Gasteiger partial charge in [-0.3, -0.25) is 0 Å². The number of nitrogens with two attached hydrogens (primary N) is 1. The van der Waals surface area contributed by atoms with Crippen LogP contribution in [0.4, 0.5) is 5.69 Å². The second-order valence-electron chi connectivity index (χ2n) is 3.68. The molecule has 1 saturated carbocycles. The Balaban J connectivity index is 0.000000720. The molecule has 0 aromatic heterocycles. The van der Waals surface area contributed by atoms with Crippen molar-refractivity contribution in [2.45, 2.75) is 25.2 Å². The van der Waals surface area contributed by atoms with E-state index in [1.807, 2.05) is 12.1 Å². The quantitative estimate of drug-likeness (QED) is 0.666. The second kappa shape index (κ2) is 2.98. The van der Waals surface area contributed by atoms with Crippen LogP contribution in [0.1, 0.15) is 25.3 Å². The molecule has 0 spiro atoms. The SMILES string of the molecule is CC1(c2ccc(N)cc2)CC1.Cl. The summed E-state index contributed by atoms with van der Waals surface area (Å²) in [7, 11) is 0. The predicted molar refractivity (Wildman–Crippen MR) is 54.7 cm³/mol. The zero-order valence-corrected chi connectivity index (χ0v) is 8.03. The molecule has 0 bridgehead atoms. The maximum absolute atomic E-state index is 5.59. The average Bonchev–Trinajstić information content (AvgIpc) is 2.70. The first-order valence-corrected chi connectivity index (χ1v) is 4.07. The minimum Gasteiger partial charge on any atom is -0.399 e. The van der Waals surface area contributed by atoms with Crippen molar-refractivity contribution in [3.05, 3.63) is 29.8 Å². The van der Waals surface area contributed by atoms with Gasteiger partial charge in [-0.25, -0.2) is 0 Å². The van der Waals surface area contributed by atoms with Crippen molar-refractivity contribution < 1.29 is 0 Å². The molecule has 0 amide bonds. The molecule has 2 rings (SSSR count). The lowest BCUT2D eigenvalue weighted by Gasteiger charge is -2.07. The third-order valence-corrected chi connectivity index (χ3v) is 2.61. The summed E-state index contributed by atoms with van der Waals surface area (Å²) < 4.78 is 0. The van der Waals surface area contributed by atoms with Crippen LogP contribution in [0.25, 0.3) is 0 Å². The van der Waals surface area contributed by atoms with Crippen molar-refractivity contribution in [1.82, 2.24) is 0 Å². The number of benzene rings is 1. The molecule has 12 heavy (non-hydrogen) atoms. The lowest BCUT2D eigenvalue weighted by molar-refractivity contribution is 0.788. The fraction of sp³-hybridized carbons (Fsp3) is 0.400. The molecule has 0 unspecified atom stereocenters. The summed E-state index contributed by atoms with van der Waals surface area (Å²) in [6, 6.07) is 8.25. The molecule has 1 aliphatic rings. The van der Waals surface area contributed by atoms with Crippen LogP contribution >= 0.6 is 12.4 Å². The Labute approximate surface area is 79.4 Å². The van der Waals surface area contributed by atoms with Crippen LogP contribution in [-0.2, 0) is 5.41 Å². The molecule has 1 aromatic rings. The zero-order chi connectivity index (χ0) is 7.90. The Hall–Kier alpha value is -0.690. The highest BCUT2D eigenvalue weighted by molar-refractivity contribution is 5.85. The topological polar surface area (TPSA) is 26.0 Å². The van der Waals surface area contributed by atoms with E-state index in [4.69, 9.17) is 5.73 Å². The van der Waals surface area contributed by atoms with Crippen LogP contribution in [0.5, 0.6) is 0 Å². The number of anilines is 1. The molecular formula is C10H14ClN. The molecular weight excluding hydrogens is 170 g/mol. The summed E-state index contributed by atoms with van der Waals surface area (Å²) >= 11 is 0. The van der Waals surface area contributed by atoms with E-state index < -0.39 is 0 Å². The van der Waals surface area contributed by atoms with Gasteiger partial charge < -0.3 is 5.73 Å². The summed E-state index contributed by atoms with van der Waals surface area (Å²) in [5.41, 5.74) is 8.37. The van der Waals surface area contributed by atoms with Crippen LogP contribution in [0.3, 0.4) is 0 Å². The molecule has 66 valence electrons. The Morgan fingerprint density at radius 1 is 1.17 bits per heavy atom. The lowest BCUT2D eigenvalue weighted by atomic mass is 9.98. The first-order valence-electron chi connectivity index (χ1n) is 4.07. The van der Waals surface area contributed by atoms with Gasteiger partial charge in [0.05, 0.1) is 0 Å². The van der Waals surface area contributed by atoms with Gasteiger partial charge in [0.1, 0.15) is 0 Å². The second-order valence-corrected chi connectivity index (χ2v) is 3.68. The molecule has 2 N–H and O–H groups in total. The van der Waals surface area contributed by atoms with Crippen molar-refractivity contribution in [2.24, 2.45) is 0 Å². The molecule has 1 nitrogen and oxygen atoms in total. The molecule has 0 aliphatic heterocycles. The number of halogens is 1. The summed E-state index contributed by atoms with van der Waals surface area (Å²) in [6.45, 7) is 2.30. The molecule has 1 fully saturated rings. The normalized spacial score (nSPS) is 18.1. The lowest BCUT2D eigenvalue weighted by Crippen LogP contribution is -1.98. The maximum Gasteiger partial charge on any atom is 0.0314 e. The van der Waals surface area contributed by atoms with Gasteiger partial charge in [0.15, 0.2) is 0 Å². The van der Waals surface area contributed by atoms with Crippen LogP contribution in [-0.4, -0.2) is 0 Å². The minimum absolute atomic E-state index is 0. The van der Waals surface area contributed by atoms with Crippen LogP contribution in [0.15, 0.2) is 24.3 Å². The van der Waals surface area contributed by atoms with Crippen molar-refractivity contribution >= 4 is 18.1 Å². The Bertz CT molecular complexity index is 262. The maximum atomic E-state index is 5.59. The third-order valence-electron chi connectivity index (χ3n) is 2.61. The molecule has 0 saturated heterocycles. The molecule has 0 heterocycles. The molecule has 1 aromatic carbocycles. The number of rotatable bonds is 1. The van der Waals surface area contributed by atoms with Gasteiger partial charge in [-0.15, -0.1) is 12.4 Å². The number of hydrogen-bond acceptors (Lipinski definition) is 1. The molecule has 0 atom stereocenters. The minimum atomic E-state index is 0. The number of nitrogen functional groups attached to an aromatic ring is 1. The fourth-order valence-electron chi connectivity index (χ4n) is 1.36. The van der Waals surface area contributed by atoms with Gasteiger partial charge in [0.2, 0.25) is 0 Å². The van der Waals surface area contributed by atoms with Gasteiger partial charge in [0.25, 0.3) is 0 Å². The smallest absolute Gasteiger partial charge is 0.0314 e. The fourth-order valence-corrected chi connectivity index (χ4v) is 1.36. The van der Waals surface area contributed by atoms with Gasteiger partial charge in [-0.05, 0) is 36.0 Å². The summed E-state index contributed by atoms with van der Waals surface area (Å²) in [4.78, 5) is 0. The summed E-state index contributed by atoms with van der Waals surface area (Å²) in [6.07, 6.45) is 2.66. The predicted octanol–water partition coefficient (Wildman–Crippen LogP) is 2.74. The van der Waals surface area contributed by atoms with Gasteiger partial charge in [-0.2, -0.15) is 0 Å². The van der Waals surface area contributed by atoms with Crippen LogP contribution < -0.4 is 5.73 Å². The Morgan fingerprint density at radius 2 is 1.67 bits per heavy atom. The Morgan fingerprint density at radius 3 is 2.08 bits per heavy atom. The zero-order valence-electron chi connectivity index (χ0n) is 7.21.